The average molecular weight is 450 g/mol. The zero-order chi connectivity index (χ0) is 23.7. The monoisotopic (exact) mass is 450 g/mol. The van der Waals surface area contributed by atoms with Crippen LogP contribution in [-0.4, -0.2) is 36.6 Å². The lowest BCUT2D eigenvalue weighted by atomic mass is 10.2. The van der Waals surface area contributed by atoms with Gasteiger partial charge in [0.05, 0.1) is 11.8 Å². The highest BCUT2D eigenvalue weighted by atomic mass is 19.4. The van der Waals surface area contributed by atoms with E-state index in [1.165, 1.54) is 24.4 Å². The van der Waals surface area contributed by atoms with Crippen LogP contribution in [0.1, 0.15) is 25.0 Å². The van der Waals surface area contributed by atoms with E-state index in [0.29, 0.717) is 5.56 Å². The SMILES string of the molecule is CC(C)NC(=O)C(=O)N/N=C\c1ccccc1OCC(=O)Nc1cccc(C(F)(F)F)c1. The number of rotatable bonds is 7. The standard InChI is InChI=1S/C21H21F3N4O4/c1-13(2)26-19(30)20(31)28-25-11-14-6-3-4-9-17(14)32-12-18(29)27-16-8-5-7-15(10-16)21(22,23)24/h3-11,13H,12H2,1-2H3,(H,26,30)(H,27,29)(H,28,31)/b25-11-. The van der Waals surface area contributed by atoms with E-state index in [1.54, 1.807) is 32.0 Å². The Bertz CT molecular complexity index is 1010. The molecule has 3 N–H and O–H groups in total. The average Bonchev–Trinajstić information content (AvgIpc) is 2.72. The van der Waals surface area contributed by atoms with Crippen LogP contribution in [0, 0.1) is 0 Å². The first-order valence-corrected chi connectivity index (χ1v) is 9.39. The van der Waals surface area contributed by atoms with Crippen LogP contribution >= 0.6 is 0 Å². The Kier molecular flexibility index (Phi) is 8.33. The van der Waals surface area contributed by atoms with Gasteiger partial charge in [-0.2, -0.15) is 18.3 Å². The minimum Gasteiger partial charge on any atom is -0.483 e. The zero-order valence-electron chi connectivity index (χ0n) is 17.2. The van der Waals surface area contributed by atoms with Crippen molar-refractivity contribution in [3.8, 4) is 5.75 Å². The molecule has 0 bridgehead atoms. The predicted octanol–water partition coefficient (Wildman–Crippen LogP) is 2.70. The minimum atomic E-state index is -4.53. The molecule has 11 heteroatoms. The molecule has 0 saturated heterocycles. The van der Waals surface area contributed by atoms with Crippen molar-refractivity contribution in [2.45, 2.75) is 26.1 Å². The third-order valence-corrected chi connectivity index (χ3v) is 3.75. The fourth-order valence-electron chi connectivity index (χ4n) is 2.37. The van der Waals surface area contributed by atoms with Gasteiger partial charge in [-0.1, -0.05) is 18.2 Å². The molecule has 0 unspecified atom stereocenters. The van der Waals surface area contributed by atoms with Crippen LogP contribution in [0.4, 0.5) is 18.9 Å². The number of carbonyl (C=O) groups excluding carboxylic acids is 3. The van der Waals surface area contributed by atoms with Gasteiger partial charge in [0.1, 0.15) is 5.75 Å². The summed E-state index contributed by atoms with van der Waals surface area (Å²) in [5.41, 5.74) is 1.55. The highest BCUT2D eigenvalue weighted by molar-refractivity contribution is 6.35. The molecule has 0 radical (unpaired) electrons. The number of hydrazone groups is 1. The predicted molar refractivity (Wildman–Crippen MR) is 111 cm³/mol. The van der Waals surface area contributed by atoms with Gasteiger partial charge in [-0.05, 0) is 44.2 Å². The number of nitrogens with zero attached hydrogens (tertiary/aromatic N) is 1. The summed E-state index contributed by atoms with van der Waals surface area (Å²) in [6.45, 7) is 2.92. The highest BCUT2D eigenvalue weighted by Gasteiger charge is 2.30. The molecule has 0 aromatic heterocycles. The van der Waals surface area contributed by atoms with Crippen molar-refractivity contribution in [3.63, 3.8) is 0 Å². The Balaban J connectivity index is 1.95. The molecule has 2 aromatic carbocycles. The maximum absolute atomic E-state index is 12.8. The van der Waals surface area contributed by atoms with E-state index < -0.39 is 36.1 Å². The second-order valence-electron chi connectivity index (χ2n) is 6.78. The fourth-order valence-corrected chi connectivity index (χ4v) is 2.37. The molecular weight excluding hydrogens is 429 g/mol. The molecule has 0 spiro atoms. The van der Waals surface area contributed by atoms with Gasteiger partial charge in [-0.3, -0.25) is 14.4 Å². The van der Waals surface area contributed by atoms with Crippen molar-refractivity contribution in [2.24, 2.45) is 5.10 Å². The smallest absolute Gasteiger partial charge is 0.416 e. The van der Waals surface area contributed by atoms with Crippen molar-refractivity contribution in [1.29, 1.82) is 0 Å². The van der Waals surface area contributed by atoms with Crippen LogP contribution < -0.4 is 20.8 Å². The molecule has 0 heterocycles. The van der Waals surface area contributed by atoms with Crippen molar-refractivity contribution in [1.82, 2.24) is 10.7 Å². The molecule has 0 atom stereocenters. The van der Waals surface area contributed by atoms with Gasteiger partial charge < -0.3 is 15.4 Å². The summed E-state index contributed by atoms with van der Waals surface area (Å²) in [7, 11) is 0. The molecule has 32 heavy (non-hydrogen) atoms. The Morgan fingerprint density at radius 1 is 1.06 bits per heavy atom. The van der Waals surface area contributed by atoms with Crippen LogP contribution in [0.25, 0.3) is 0 Å². The number of alkyl halides is 3. The number of ether oxygens (including phenoxy) is 1. The van der Waals surface area contributed by atoms with Crippen molar-refractivity contribution in [2.75, 3.05) is 11.9 Å². The third-order valence-electron chi connectivity index (χ3n) is 3.75. The van der Waals surface area contributed by atoms with Gasteiger partial charge in [0.15, 0.2) is 6.61 Å². The van der Waals surface area contributed by atoms with Gasteiger partial charge in [0.2, 0.25) is 0 Å². The number of amides is 3. The quantitative estimate of drug-likeness (QED) is 0.342. The molecule has 0 saturated carbocycles. The van der Waals surface area contributed by atoms with Crippen LogP contribution in [-0.2, 0) is 20.6 Å². The number of para-hydroxylation sites is 1. The Labute approximate surface area is 181 Å². The molecule has 0 aliphatic heterocycles. The Hall–Kier alpha value is -3.89. The maximum atomic E-state index is 12.8. The second kappa shape index (κ2) is 10.9. The number of benzene rings is 2. The molecule has 0 aliphatic rings. The zero-order valence-corrected chi connectivity index (χ0v) is 17.2. The van der Waals surface area contributed by atoms with Crippen LogP contribution in [0.2, 0.25) is 0 Å². The van der Waals surface area contributed by atoms with Gasteiger partial charge >= 0.3 is 18.0 Å². The molecule has 170 valence electrons. The van der Waals surface area contributed by atoms with Gasteiger partial charge in [-0.15, -0.1) is 0 Å². The van der Waals surface area contributed by atoms with E-state index in [9.17, 15) is 27.6 Å². The first-order chi connectivity index (χ1) is 15.1. The summed E-state index contributed by atoms with van der Waals surface area (Å²) >= 11 is 0. The highest BCUT2D eigenvalue weighted by Crippen LogP contribution is 2.30. The molecule has 8 nitrogen and oxygen atoms in total. The summed E-state index contributed by atoms with van der Waals surface area (Å²) in [6, 6.07) is 10.4. The number of hydrogen-bond donors (Lipinski definition) is 3. The Morgan fingerprint density at radius 3 is 2.47 bits per heavy atom. The first-order valence-electron chi connectivity index (χ1n) is 9.39. The summed E-state index contributed by atoms with van der Waals surface area (Å²) in [5.74, 6) is -2.23. The number of hydrogen-bond acceptors (Lipinski definition) is 5. The lowest BCUT2D eigenvalue weighted by molar-refractivity contribution is -0.139. The molecule has 2 aromatic rings. The second-order valence-corrected chi connectivity index (χ2v) is 6.78. The minimum absolute atomic E-state index is 0.0225. The normalized spacial score (nSPS) is 11.3. The van der Waals surface area contributed by atoms with Gasteiger partial charge in [-0.25, -0.2) is 5.43 Å². The van der Waals surface area contributed by atoms with Crippen LogP contribution in [0.5, 0.6) is 5.75 Å². The first kappa shape index (κ1) is 24.4. The fraction of sp³-hybridized carbons (Fsp3) is 0.238. The number of halogens is 3. The topological polar surface area (TPSA) is 109 Å². The molecule has 3 amide bonds. The summed E-state index contributed by atoms with van der Waals surface area (Å²) in [6.07, 6.45) is -3.30. The lowest BCUT2D eigenvalue weighted by Gasteiger charge is -2.11. The number of carbonyl (C=O) groups is 3. The summed E-state index contributed by atoms with van der Waals surface area (Å²) in [4.78, 5) is 35.2. The number of anilines is 1. The van der Waals surface area contributed by atoms with Crippen molar-refractivity contribution >= 4 is 29.6 Å². The summed E-state index contributed by atoms with van der Waals surface area (Å²) in [5, 5.41) is 8.43. The van der Waals surface area contributed by atoms with Crippen molar-refractivity contribution < 1.29 is 32.3 Å². The van der Waals surface area contributed by atoms with E-state index >= 15 is 0 Å². The van der Waals surface area contributed by atoms with E-state index in [-0.39, 0.29) is 17.5 Å². The maximum Gasteiger partial charge on any atom is 0.416 e. The number of nitrogens with one attached hydrogen (secondary N) is 3. The Morgan fingerprint density at radius 2 is 1.78 bits per heavy atom. The lowest BCUT2D eigenvalue weighted by Crippen LogP contribution is -2.41. The van der Waals surface area contributed by atoms with E-state index in [1.807, 2.05) is 0 Å². The van der Waals surface area contributed by atoms with Crippen LogP contribution in [0.3, 0.4) is 0 Å². The van der Waals surface area contributed by atoms with Crippen molar-refractivity contribution in [3.05, 3.63) is 59.7 Å². The molecule has 0 aliphatic carbocycles. The van der Waals surface area contributed by atoms with Gasteiger partial charge in [0, 0.05) is 17.3 Å². The summed E-state index contributed by atoms with van der Waals surface area (Å²) < 4.78 is 43.7. The van der Waals surface area contributed by atoms with Gasteiger partial charge in [0.25, 0.3) is 5.91 Å². The van der Waals surface area contributed by atoms with E-state index in [4.69, 9.17) is 4.74 Å². The third kappa shape index (κ3) is 7.74. The van der Waals surface area contributed by atoms with E-state index in [2.05, 4.69) is 21.2 Å². The molecule has 2 rings (SSSR count). The van der Waals surface area contributed by atoms with E-state index in [0.717, 1.165) is 12.1 Å². The molecule has 0 fully saturated rings. The van der Waals surface area contributed by atoms with Crippen LogP contribution in [0.15, 0.2) is 53.6 Å². The molecular formula is C21H21F3N4O4. The largest absolute Gasteiger partial charge is 0.483 e.